The molecule has 9 heteroatoms. The SMILES string of the molecule is CN(c1ccccc1)S(=O)(=O)c1ccc(C(=O)Nc2nc(-c3ccc(F)cc3)cs2)cc1. The summed E-state index contributed by atoms with van der Waals surface area (Å²) in [5.74, 6) is -0.747. The molecule has 32 heavy (non-hydrogen) atoms. The fourth-order valence-electron chi connectivity index (χ4n) is 2.97. The Balaban J connectivity index is 1.47. The second kappa shape index (κ2) is 8.89. The van der Waals surface area contributed by atoms with E-state index in [1.165, 1.54) is 59.1 Å². The fourth-order valence-corrected chi connectivity index (χ4v) is 4.88. The highest BCUT2D eigenvalue weighted by molar-refractivity contribution is 7.92. The largest absolute Gasteiger partial charge is 0.298 e. The number of hydrogen-bond acceptors (Lipinski definition) is 5. The highest BCUT2D eigenvalue weighted by Crippen LogP contribution is 2.26. The summed E-state index contributed by atoms with van der Waals surface area (Å²) in [5, 5.41) is 4.85. The first kappa shape index (κ1) is 21.7. The monoisotopic (exact) mass is 467 g/mol. The van der Waals surface area contributed by atoms with Gasteiger partial charge in [-0.15, -0.1) is 11.3 Å². The van der Waals surface area contributed by atoms with Crippen molar-refractivity contribution in [2.75, 3.05) is 16.7 Å². The predicted octanol–water partition coefficient (Wildman–Crippen LogP) is 5.03. The Hall–Kier alpha value is -3.56. The van der Waals surface area contributed by atoms with Crippen molar-refractivity contribution in [3.8, 4) is 11.3 Å². The number of carbonyl (C=O) groups is 1. The molecule has 1 aromatic heterocycles. The molecule has 0 aliphatic rings. The topological polar surface area (TPSA) is 79.4 Å². The second-order valence-corrected chi connectivity index (χ2v) is 9.66. The van der Waals surface area contributed by atoms with Crippen LogP contribution in [-0.4, -0.2) is 26.4 Å². The predicted molar refractivity (Wildman–Crippen MR) is 124 cm³/mol. The number of amides is 1. The third-order valence-electron chi connectivity index (χ3n) is 4.76. The molecule has 0 aliphatic carbocycles. The van der Waals surface area contributed by atoms with E-state index >= 15 is 0 Å². The van der Waals surface area contributed by atoms with Crippen molar-refractivity contribution in [3.05, 3.63) is 95.6 Å². The maximum absolute atomic E-state index is 13.1. The molecule has 0 unspecified atom stereocenters. The number of carbonyl (C=O) groups excluding carboxylic acids is 1. The van der Waals surface area contributed by atoms with Gasteiger partial charge in [0.25, 0.3) is 15.9 Å². The summed E-state index contributed by atoms with van der Waals surface area (Å²) in [4.78, 5) is 17.0. The molecule has 0 radical (unpaired) electrons. The van der Waals surface area contributed by atoms with Gasteiger partial charge in [-0.3, -0.25) is 14.4 Å². The van der Waals surface area contributed by atoms with Crippen molar-refractivity contribution in [3.63, 3.8) is 0 Å². The van der Waals surface area contributed by atoms with Crippen LogP contribution in [0.15, 0.2) is 89.1 Å². The normalized spacial score (nSPS) is 11.2. The van der Waals surface area contributed by atoms with E-state index in [-0.39, 0.29) is 10.7 Å². The van der Waals surface area contributed by atoms with Crippen LogP contribution in [0.2, 0.25) is 0 Å². The lowest BCUT2D eigenvalue weighted by molar-refractivity contribution is 0.102. The number of sulfonamides is 1. The average Bonchev–Trinajstić information content (AvgIpc) is 3.28. The molecule has 0 atom stereocenters. The van der Waals surface area contributed by atoms with Crippen LogP contribution in [0.1, 0.15) is 10.4 Å². The summed E-state index contributed by atoms with van der Waals surface area (Å²) >= 11 is 1.24. The molecule has 1 N–H and O–H groups in total. The lowest BCUT2D eigenvalue weighted by atomic mass is 10.2. The summed E-state index contributed by atoms with van der Waals surface area (Å²) in [6.07, 6.45) is 0. The quantitative estimate of drug-likeness (QED) is 0.432. The van der Waals surface area contributed by atoms with E-state index in [4.69, 9.17) is 0 Å². The second-order valence-electron chi connectivity index (χ2n) is 6.83. The number of rotatable bonds is 6. The number of anilines is 2. The van der Waals surface area contributed by atoms with E-state index < -0.39 is 15.9 Å². The maximum Gasteiger partial charge on any atom is 0.264 e. The highest BCUT2D eigenvalue weighted by Gasteiger charge is 2.21. The first-order valence-electron chi connectivity index (χ1n) is 9.51. The minimum Gasteiger partial charge on any atom is -0.298 e. The van der Waals surface area contributed by atoms with Gasteiger partial charge in [-0.25, -0.2) is 17.8 Å². The maximum atomic E-state index is 13.1. The van der Waals surface area contributed by atoms with Gasteiger partial charge in [0, 0.05) is 23.6 Å². The van der Waals surface area contributed by atoms with Gasteiger partial charge in [0.2, 0.25) is 0 Å². The van der Waals surface area contributed by atoms with E-state index in [0.29, 0.717) is 22.1 Å². The molecule has 0 spiro atoms. The first-order chi connectivity index (χ1) is 15.3. The van der Waals surface area contributed by atoms with E-state index in [1.807, 2.05) is 6.07 Å². The number of nitrogens with zero attached hydrogens (tertiary/aromatic N) is 2. The van der Waals surface area contributed by atoms with Gasteiger partial charge in [0.1, 0.15) is 5.82 Å². The number of aromatic nitrogens is 1. The van der Waals surface area contributed by atoms with E-state index in [0.717, 1.165) is 5.56 Å². The van der Waals surface area contributed by atoms with Gasteiger partial charge in [0.15, 0.2) is 5.13 Å². The van der Waals surface area contributed by atoms with Crippen molar-refractivity contribution in [1.29, 1.82) is 0 Å². The molecule has 1 heterocycles. The zero-order chi connectivity index (χ0) is 22.7. The molecule has 3 aromatic carbocycles. The van der Waals surface area contributed by atoms with Crippen molar-refractivity contribution < 1.29 is 17.6 Å². The van der Waals surface area contributed by atoms with Crippen LogP contribution in [-0.2, 0) is 10.0 Å². The Morgan fingerprint density at radius 3 is 2.28 bits per heavy atom. The Morgan fingerprint density at radius 1 is 0.969 bits per heavy atom. The third-order valence-corrected chi connectivity index (χ3v) is 7.32. The summed E-state index contributed by atoms with van der Waals surface area (Å²) in [6.45, 7) is 0. The molecular formula is C23H18FN3O3S2. The minimum atomic E-state index is -3.76. The van der Waals surface area contributed by atoms with E-state index in [1.54, 1.807) is 41.8 Å². The molecule has 0 fully saturated rings. The van der Waals surface area contributed by atoms with Crippen LogP contribution >= 0.6 is 11.3 Å². The van der Waals surface area contributed by atoms with Crippen molar-refractivity contribution in [2.45, 2.75) is 4.90 Å². The third kappa shape index (κ3) is 4.53. The standard InChI is InChI=1S/C23H18FN3O3S2/c1-27(19-5-3-2-4-6-19)32(29,30)20-13-9-17(10-14-20)22(28)26-23-25-21(15-31-23)16-7-11-18(24)12-8-16/h2-15H,1H3,(H,25,26,28). The van der Waals surface area contributed by atoms with E-state index in [9.17, 15) is 17.6 Å². The fraction of sp³-hybridized carbons (Fsp3) is 0.0435. The number of para-hydroxylation sites is 1. The molecule has 4 aromatic rings. The van der Waals surface area contributed by atoms with Gasteiger partial charge in [-0.1, -0.05) is 18.2 Å². The zero-order valence-electron chi connectivity index (χ0n) is 16.9. The Labute approximate surface area is 189 Å². The minimum absolute atomic E-state index is 0.0771. The summed E-state index contributed by atoms with van der Waals surface area (Å²) in [5.41, 5.74) is 2.19. The summed E-state index contributed by atoms with van der Waals surface area (Å²) in [7, 11) is -2.28. The highest BCUT2D eigenvalue weighted by atomic mass is 32.2. The van der Waals surface area contributed by atoms with Crippen LogP contribution in [0.25, 0.3) is 11.3 Å². The summed E-state index contributed by atoms with van der Waals surface area (Å²) < 4.78 is 40.0. The average molecular weight is 468 g/mol. The molecule has 162 valence electrons. The van der Waals surface area contributed by atoms with Crippen LogP contribution in [0, 0.1) is 5.82 Å². The van der Waals surface area contributed by atoms with Crippen LogP contribution in [0.3, 0.4) is 0 Å². The van der Waals surface area contributed by atoms with Gasteiger partial charge in [0.05, 0.1) is 16.3 Å². The molecule has 4 rings (SSSR count). The number of thiazole rings is 1. The van der Waals surface area contributed by atoms with Gasteiger partial charge in [-0.2, -0.15) is 0 Å². The number of benzene rings is 3. The molecule has 0 bridgehead atoms. The van der Waals surface area contributed by atoms with Crippen LogP contribution in [0.5, 0.6) is 0 Å². The van der Waals surface area contributed by atoms with Gasteiger partial charge >= 0.3 is 0 Å². The number of halogens is 1. The lowest BCUT2D eigenvalue weighted by Crippen LogP contribution is -2.26. The number of hydrogen-bond donors (Lipinski definition) is 1. The van der Waals surface area contributed by atoms with Crippen molar-refractivity contribution in [2.24, 2.45) is 0 Å². The van der Waals surface area contributed by atoms with Crippen molar-refractivity contribution in [1.82, 2.24) is 4.98 Å². The Bertz CT molecular complexity index is 1340. The van der Waals surface area contributed by atoms with Gasteiger partial charge < -0.3 is 0 Å². The van der Waals surface area contributed by atoms with Crippen LogP contribution < -0.4 is 9.62 Å². The van der Waals surface area contributed by atoms with E-state index in [2.05, 4.69) is 10.3 Å². The molecule has 0 aliphatic heterocycles. The Kier molecular flexibility index (Phi) is 6.02. The molecule has 0 saturated carbocycles. The van der Waals surface area contributed by atoms with Crippen molar-refractivity contribution >= 4 is 38.1 Å². The zero-order valence-corrected chi connectivity index (χ0v) is 18.5. The summed E-state index contributed by atoms with van der Waals surface area (Å²) in [6, 6.07) is 20.3. The molecular weight excluding hydrogens is 449 g/mol. The first-order valence-corrected chi connectivity index (χ1v) is 11.8. The Morgan fingerprint density at radius 2 is 1.62 bits per heavy atom. The number of nitrogens with one attached hydrogen (secondary N) is 1. The van der Waals surface area contributed by atoms with Gasteiger partial charge in [-0.05, 0) is 60.7 Å². The molecule has 6 nitrogen and oxygen atoms in total. The smallest absolute Gasteiger partial charge is 0.264 e. The van der Waals surface area contributed by atoms with Crippen LogP contribution in [0.4, 0.5) is 15.2 Å². The molecule has 0 saturated heterocycles. The lowest BCUT2D eigenvalue weighted by Gasteiger charge is -2.19. The molecule has 1 amide bonds.